The number of likely N-dealkylation sites (N-methyl/N-ethyl adjacent to an activating group) is 1. The highest BCUT2D eigenvalue weighted by Gasteiger charge is 2.30. The van der Waals surface area contributed by atoms with Crippen molar-refractivity contribution < 1.29 is 14.6 Å². The lowest BCUT2D eigenvalue weighted by Gasteiger charge is -2.11. The Hall–Kier alpha value is -0.990. The second-order valence-electron chi connectivity index (χ2n) is 4.35. The first-order chi connectivity index (χ1) is 10.4. The van der Waals surface area contributed by atoms with E-state index in [-0.39, 0.29) is 11.7 Å². The Labute approximate surface area is 149 Å². The van der Waals surface area contributed by atoms with Gasteiger partial charge in [-0.2, -0.15) is 0 Å². The number of halogens is 2. The van der Waals surface area contributed by atoms with Crippen LogP contribution in [0.1, 0.15) is 12.5 Å². The van der Waals surface area contributed by atoms with Gasteiger partial charge >= 0.3 is 0 Å². The van der Waals surface area contributed by atoms with Gasteiger partial charge in [-0.3, -0.25) is 14.7 Å². The molecule has 1 aromatic rings. The number of carbonyl (C=O) groups excluding carboxylic acids is 1. The molecule has 1 aromatic carbocycles. The molecule has 0 atom stereocenters. The van der Waals surface area contributed by atoms with Gasteiger partial charge in [-0.1, -0.05) is 0 Å². The Morgan fingerprint density at radius 2 is 2.14 bits per heavy atom. The number of rotatable bonds is 3. The molecule has 0 radical (unpaired) electrons. The van der Waals surface area contributed by atoms with Crippen LogP contribution in [-0.2, 0) is 4.79 Å². The Bertz CT molecular complexity index is 689. The zero-order valence-electron chi connectivity index (χ0n) is 12.2. The van der Waals surface area contributed by atoms with Crippen molar-refractivity contribution in [3.8, 4) is 11.5 Å². The highest BCUT2D eigenvalue weighted by Crippen LogP contribution is 2.43. The van der Waals surface area contributed by atoms with Crippen LogP contribution in [0.25, 0.3) is 6.08 Å². The van der Waals surface area contributed by atoms with Crippen LogP contribution in [0.3, 0.4) is 0 Å². The molecule has 1 fully saturated rings. The summed E-state index contributed by atoms with van der Waals surface area (Å²) in [5.41, 5.74) is 0.731. The van der Waals surface area contributed by atoms with Crippen molar-refractivity contribution in [1.29, 1.82) is 0 Å². The van der Waals surface area contributed by atoms with Crippen LogP contribution in [0, 0.1) is 0 Å². The summed E-state index contributed by atoms with van der Waals surface area (Å²) in [5, 5.41) is 10.7. The molecule has 0 aliphatic carbocycles. The lowest BCUT2D eigenvalue weighted by atomic mass is 10.2. The summed E-state index contributed by atoms with van der Waals surface area (Å²) in [6.45, 7) is 2.27. The predicted octanol–water partition coefficient (Wildman–Crippen LogP) is 3.85. The number of aromatic hydroxyl groups is 1. The summed E-state index contributed by atoms with van der Waals surface area (Å²) in [7, 11) is 3.33. The third-order valence-electron chi connectivity index (χ3n) is 2.96. The van der Waals surface area contributed by atoms with Gasteiger partial charge in [0.1, 0.15) is 0 Å². The molecule has 1 amide bonds. The lowest BCUT2D eigenvalue weighted by molar-refractivity contribution is -0.121. The molecule has 0 spiro atoms. The van der Waals surface area contributed by atoms with E-state index in [0.717, 1.165) is 5.56 Å². The number of aliphatic imine (C=N–C) groups is 1. The molecule has 2 rings (SSSR count). The van der Waals surface area contributed by atoms with Gasteiger partial charge in [0, 0.05) is 18.6 Å². The normalized spacial score (nSPS) is 18.6. The van der Waals surface area contributed by atoms with Crippen LogP contribution < -0.4 is 4.74 Å². The quantitative estimate of drug-likeness (QED) is 0.712. The average molecular weight is 450 g/mol. The second kappa shape index (κ2) is 7.06. The van der Waals surface area contributed by atoms with Gasteiger partial charge in [-0.15, -0.1) is 0 Å². The molecule has 1 heterocycles. The standard InChI is InChI=1S/C14H14Br2N2O3S/c1-4-21-8-5-7(10(15)11(16)12(8)19)6-9-13(20)18(3)14(17-2)22-9/h5-6,19H,4H2,1-3H3. The van der Waals surface area contributed by atoms with Gasteiger partial charge in [0.25, 0.3) is 5.91 Å². The Morgan fingerprint density at radius 3 is 2.68 bits per heavy atom. The fraction of sp³-hybridized carbons (Fsp3) is 0.286. The number of benzene rings is 1. The van der Waals surface area contributed by atoms with E-state index in [9.17, 15) is 9.90 Å². The number of carbonyl (C=O) groups is 1. The topological polar surface area (TPSA) is 62.1 Å². The lowest BCUT2D eigenvalue weighted by Crippen LogP contribution is -2.23. The number of thioether (sulfide) groups is 1. The van der Waals surface area contributed by atoms with Crippen LogP contribution in [0.4, 0.5) is 0 Å². The summed E-state index contributed by atoms with van der Waals surface area (Å²) in [6, 6.07) is 1.69. The molecule has 0 saturated carbocycles. The van der Waals surface area contributed by atoms with Crippen LogP contribution >= 0.6 is 43.6 Å². The van der Waals surface area contributed by atoms with Crippen molar-refractivity contribution in [2.24, 2.45) is 4.99 Å². The Kier molecular flexibility index (Phi) is 5.57. The number of amidine groups is 1. The van der Waals surface area contributed by atoms with Gasteiger partial charge in [-0.25, -0.2) is 0 Å². The van der Waals surface area contributed by atoms with Crippen LogP contribution in [0.2, 0.25) is 0 Å². The van der Waals surface area contributed by atoms with Crippen molar-refractivity contribution >= 4 is 60.8 Å². The average Bonchev–Trinajstić information content (AvgIpc) is 2.77. The molecule has 1 aliphatic heterocycles. The van der Waals surface area contributed by atoms with E-state index in [1.807, 2.05) is 6.92 Å². The minimum absolute atomic E-state index is 0.0224. The Morgan fingerprint density at radius 1 is 1.45 bits per heavy atom. The molecular formula is C14H14Br2N2O3S. The molecule has 1 saturated heterocycles. The molecule has 0 aromatic heterocycles. The molecular weight excluding hydrogens is 436 g/mol. The maximum atomic E-state index is 12.2. The third kappa shape index (κ3) is 3.18. The fourth-order valence-electron chi connectivity index (χ4n) is 1.87. The molecule has 0 bridgehead atoms. The zero-order chi connectivity index (χ0) is 16.4. The second-order valence-corrected chi connectivity index (χ2v) is 6.95. The number of phenols is 1. The van der Waals surface area contributed by atoms with Crippen molar-refractivity contribution in [3.05, 3.63) is 25.5 Å². The monoisotopic (exact) mass is 448 g/mol. The van der Waals surface area contributed by atoms with E-state index in [1.54, 1.807) is 26.2 Å². The molecule has 22 heavy (non-hydrogen) atoms. The van der Waals surface area contributed by atoms with Crippen LogP contribution in [-0.4, -0.2) is 41.8 Å². The molecule has 0 unspecified atom stereocenters. The minimum Gasteiger partial charge on any atom is -0.503 e. The van der Waals surface area contributed by atoms with Gasteiger partial charge in [0.15, 0.2) is 16.7 Å². The SMILES string of the molecule is CCOc1cc(C=C2SC(=NC)N(C)C2=O)c(Br)c(Br)c1O. The van der Waals surface area contributed by atoms with E-state index in [4.69, 9.17) is 4.74 Å². The highest BCUT2D eigenvalue weighted by molar-refractivity contribution is 9.13. The largest absolute Gasteiger partial charge is 0.503 e. The fourth-order valence-corrected chi connectivity index (χ4v) is 3.63. The molecule has 118 valence electrons. The predicted molar refractivity (Wildman–Crippen MR) is 96.4 cm³/mol. The van der Waals surface area contributed by atoms with E-state index >= 15 is 0 Å². The summed E-state index contributed by atoms with van der Waals surface area (Å²) in [6.07, 6.45) is 1.75. The first kappa shape index (κ1) is 17.4. The van der Waals surface area contributed by atoms with E-state index < -0.39 is 0 Å². The summed E-state index contributed by atoms with van der Waals surface area (Å²) in [5.74, 6) is 0.270. The Balaban J connectivity index is 2.50. The minimum atomic E-state index is -0.111. The molecule has 5 nitrogen and oxygen atoms in total. The van der Waals surface area contributed by atoms with E-state index in [0.29, 0.717) is 31.4 Å². The number of ether oxygens (including phenoxy) is 1. The summed E-state index contributed by atoms with van der Waals surface area (Å²) >= 11 is 8.05. The summed E-state index contributed by atoms with van der Waals surface area (Å²) < 4.78 is 6.55. The number of hydrogen-bond donors (Lipinski definition) is 1. The van der Waals surface area contributed by atoms with E-state index in [1.165, 1.54) is 16.7 Å². The maximum Gasteiger partial charge on any atom is 0.266 e. The number of amides is 1. The number of nitrogens with zero attached hydrogens (tertiary/aromatic N) is 2. The first-order valence-corrected chi connectivity index (χ1v) is 8.79. The first-order valence-electron chi connectivity index (χ1n) is 6.38. The summed E-state index contributed by atoms with van der Waals surface area (Å²) in [4.78, 5) is 18.3. The highest BCUT2D eigenvalue weighted by atomic mass is 79.9. The molecule has 1 N–H and O–H groups in total. The number of phenolic OH excluding ortho intramolecular Hbond substituents is 1. The van der Waals surface area contributed by atoms with Gasteiger partial charge in [-0.05, 0) is 68.3 Å². The zero-order valence-corrected chi connectivity index (χ0v) is 16.2. The van der Waals surface area contributed by atoms with Gasteiger partial charge in [0.05, 0.1) is 16.0 Å². The van der Waals surface area contributed by atoms with Crippen molar-refractivity contribution in [2.75, 3.05) is 20.7 Å². The van der Waals surface area contributed by atoms with Crippen LogP contribution in [0.5, 0.6) is 11.5 Å². The maximum absolute atomic E-state index is 12.2. The van der Waals surface area contributed by atoms with Crippen molar-refractivity contribution in [1.82, 2.24) is 4.90 Å². The molecule has 8 heteroatoms. The number of hydrogen-bond acceptors (Lipinski definition) is 5. The van der Waals surface area contributed by atoms with Gasteiger partial charge < -0.3 is 9.84 Å². The van der Waals surface area contributed by atoms with E-state index in [2.05, 4.69) is 36.9 Å². The van der Waals surface area contributed by atoms with Crippen LogP contribution in [0.15, 0.2) is 24.9 Å². The third-order valence-corrected chi connectivity index (χ3v) is 6.27. The van der Waals surface area contributed by atoms with Crippen molar-refractivity contribution in [2.45, 2.75) is 6.92 Å². The van der Waals surface area contributed by atoms with Crippen molar-refractivity contribution in [3.63, 3.8) is 0 Å². The molecule has 1 aliphatic rings. The van der Waals surface area contributed by atoms with Gasteiger partial charge in [0.2, 0.25) is 0 Å². The smallest absolute Gasteiger partial charge is 0.266 e.